The van der Waals surface area contributed by atoms with Gasteiger partial charge in [-0.15, -0.1) is 11.8 Å². The van der Waals surface area contributed by atoms with Gasteiger partial charge in [-0.05, 0) is 87.4 Å². The molecule has 1 aliphatic carbocycles. The van der Waals surface area contributed by atoms with Gasteiger partial charge in [0, 0.05) is 11.7 Å². The molecule has 0 aliphatic heterocycles. The van der Waals surface area contributed by atoms with Crippen LogP contribution in [-0.2, 0) is 38.1 Å². The molecule has 5 aromatic carbocycles. The summed E-state index contributed by atoms with van der Waals surface area (Å²) in [6.45, 7) is 10.8. The molecule has 0 aromatic heterocycles. The summed E-state index contributed by atoms with van der Waals surface area (Å²) in [5.41, 5.74) is 5.06. The van der Waals surface area contributed by atoms with Crippen molar-refractivity contribution in [2.75, 3.05) is 18.9 Å². The number of hydrogen-bond acceptors (Lipinski definition) is 10. The van der Waals surface area contributed by atoms with Gasteiger partial charge < -0.3 is 35.5 Å². The minimum absolute atomic E-state index is 0.00683. The summed E-state index contributed by atoms with van der Waals surface area (Å²) < 4.78 is 15.9. The lowest BCUT2D eigenvalue weighted by atomic mass is 9.84. The van der Waals surface area contributed by atoms with E-state index in [1.165, 1.54) is 18.7 Å². The summed E-state index contributed by atoms with van der Waals surface area (Å²) in [5, 5.41) is 10.4. The fraction of sp³-hybridized carbons (Fsp3) is 0.333. The number of hydrogen-bond donors (Lipinski definition) is 4. The molecule has 0 spiro atoms. The van der Waals surface area contributed by atoms with Crippen molar-refractivity contribution >= 4 is 47.5 Å². The van der Waals surface area contributed by atoms with Crippen molar-refractivity contribution in [2.24, 2.45) is 0 Å². The molecule has 5 aromatic rings. The van der Waals surface area contributed by atoms with Crippen LogP contribution < -0.4 is 21.3 Å². The molecule has 13 nitrogen and oxygen atoms in total. The van der Waals surface area contributed by atoms with E-state index < -0.39 is 77.0 Å². The van der Waals surface area contributed by atoms with Crippen LogP contribution in [-0.4, -0.2) is 84.0 Å². The van der Waals surface area contributed by atoms with E-state index in [-0.39, 0.29) is 24.1 Å². The second kappa shape index (κ2) is 22.2. The number of nitrogens with one attached hydrogen (secondary N) is 4. The number of alkyl carbamates (subject to hydrolysis) is 2. The van der Waals surface area contributed by atoms with Crippen molar-refractivity contribution in [1.29, 1.82) is 0 Å². The molecule has 14 heteroatoms. The summed E-state index contributed by atoms with van der Waals surface area (Å²) in [5.74, 6) is -3.12. The standard InChI is InChI=1S/C54H60N4O9S/c1-35(59)46(34-68-54(36-21-11-8-12-22-36,37-23-13-9-14-24-37)38-25-15-10-16-26-38)57-48(61)44(31-47(60)66-52(2,3)4)56-49(62)45(58-51(64)67-53(5,6)7)32-55-50(63)65-33-43-41-29-19-17-27-39(41)40-28-18-20-30-42(40)43/h8-30,43-46H,31-34H2,1-7H3,(H,55,63)(H,56,62)(H,57,61)(H,58,64)/t44-,45+,46-/m0/s1. The molecule has 0 radical (unpaired) electrons. The number of benzene rings is 5. The molecule has 0 saturated carbocycles. The number of ether oxygens (including phenoxy) is 3. The van der Waals surface area contributed by atoms with Gasteiger partial charge in [0.1, 0.15) is 29.9 Å². The van der Waals surface area contributed by atoms with Crippen LogP contribution in [0.25, 0.3) is 11.1 Å². The van der Waals surface area contributed by atoms with Crippen molar-refractivity contribution < 1.29 is 43.0 Å². The van der Waals surface area contributed by atoms with Gasteiger partial charge in [-0.25, -0.2) is 9.59 Å². The van der Waals surface area contributed by atoms with Crippen LogP contribution in [0.4, 0.5) is 9.59 Å². The zero-order valence-corrected chi connectivity index (χ0v) is 40.3. The van der Waals surface area contributed by atoms with E-state index in [0.717, 1.165) is 38.9 Å². The summed E-state index contributed by atoms with van der Waals surface area (Å²) >= 11 is 1.46. The third-order valence-corrected chi connectivity index (χ3v) is 12.7. The maximum atomic E-state index is 14.4. The number of Topliss-reactive ketones (excluding diaryl/α,β-unsaturated/α-hetero) is 1. The number of esters is 1. The highest BCUT2D eigenvalue weighted by Crippen LogP contribution is 2.49. The lowest BCUT2D eigenvalue weighted by Gasteiger charge is -2.36. The maximum absolute atomic E-state index is 14.4. The number of ketones is 1. The van der Waals surface area contributed by atoms with Crippen LogP contribution in [0.5, 0.6) is 0 Å². The molecule has 0 heterocycles. The summed E-state index contributed by atoms with van der Waals surface area (Å²) in [6.07, 6.45) is -2.47. The second-order valence-electron chi connectivity index (χ2n) is 18.5. The fourth-order valence-electron chi connectivity index (χ4n) is 8.04. The normalized spacial score (nSPS) is 13.6. The molecule has 0 fully saturated rings. The smallest absolute Gasteiger partial charge is 0.408 e. The average molecular weight is 941 g/mol. The number of fused-ring (bicyclic) bond motifs is 3. The Hall–Kier alpha value is -6.93. The Balaban J connectivity index is 1.22. The van der Waals surface area contributed by atoms with Gasteiger partial charge in [-0.2, -0.15) is 0 Å². The third kappa shape index (κ3) is 13.2. The molecule has 356 valence electrons. The van der Waals surface area contributed by atoms with Gasteiger partial charge >= 0.3 is 18.2 Å². The molecule has 0 saturated heterocycles. The first-order valence-corrected chi connectivity index (χ1v) is 23.5. The van der Waals surface area contributed by atoms with Crippen LogP contribution in [0, 0.1) is 0 Å². The second-order valence-corrected chi connectivity index (χ2v) is 19.8. The first kappa shape index (κ1) is 50.5. The Kier molecular flexibility index (Phi) is 16.5. The SMILES string of the molecule is CC(=O)[C@H](CSC(c1ccccc1)(c1ccccc1)c1ccccc1)NC(=O)[C@H](CC(=O)OC(C)(C)C)NC(=O)[C@@H](CNC(=O)OCC1c2ccccc2-c2ccccc21)NC(=O)OC(C)(C)C. The Morgan fingerprint density at radius 3 is 1.46 bits per heavy atom. The minimum atomic E-state index is -1.59. The highest BCUT2D eigenvalue weighted by atomic mass is 32.2. The number of rotatable bonds is 18. The van der Waals surface area contributed by atoms with E-state index in [0.29, 0.717) is 0 Å². The zero-order valence-electron chi connectivity index (χ0n) is 39.5. The number of thioether (sulfide) groups is 1. The lowest BCUT2D eigenvalue weighted by Crippen LogP contribution is -2.59. The van der Waals surface area contributed by atoms with E-state index >= 15 is 0 Å². The van der Waals surface area contributed by atoms with Gasteiger partial charge in [-0.3, -0.25) is 19.2 Å². The van der Waals surface area contributed by atoms with Gasteiger partial charge in [0.05, 0.1) is 23.8 Å². The van der Waals surface area contributed by atoms with Gasteiger partial charge in [0.15, 0.2) is 5.78 Å². The van der Waals surface area contributed by atoms with Crippen LogP contribution in [0.3, 0.4) is 0 Å². The first-order valence-electron chi connectivity index (χ1n) is 22.6. The van der Waals surface area contributed by atoms with Crippen molar-refractivity contribution in [3.05, 3.63) is 167 Å². The van der Waals surface area contributed by atoms with E-state index in [1.54, 1.807) is 41.5 Å². The highest BCUT2D eigenvalue weighted by Gasteiger charge is 2.39. The monoisotopic (exact) mass is 940 g/mol. The zero-order chi connectivity index (χ0) is 49.1. The third-order valence-electron chi connectivity index (χ3n) is 11.0. The number of carbonyl (C=O) groups is 6. The Morgan fingerprint density at radius 2 is 0.985 bits per heavy atom. The van der Waals surface area contributed by atoms with Crippen molar-refractivity contribution in [3.63, 3.8) is 0 Å². The van der Waals surface area contributed by atoms with Crippen molar-refractivity contribution in [3.8, 4) is 11.1 Å². The Bertz CT molecular complexity index is 2420. The lowest BCUT2D eigenvalue weighted by molar-refractivity contribution is -0.156. The predicted octanol–water partition coefficient (Wildman–Crippen LogP) is 8.43. The Labute approximate surface area is 402 Å². The number of carbonyl (C=O) groups excluding carboxylic acids is 6. The van der Waals surface area contributed by atoms with Gasteiger partial charge in [-0.1, -0.05) is 140 Å². The maximum Gasteiger partial charge on any atom is 0.408 e. The van der Waals surface area contributed by atoms with E-state index in [4.69, 9.17) is 14.2 Å². The summed E-state index contributed by atoms with van der Waals surface area (Å²) in [4.78, 5) is 82.0. The topological polar surface area (TPSA) is 178 Å². The quantitative estimate of drug-likeness (QED) is 0.0379. The van der Waals surface area contributed by atoms with Crippen molar-refractivity contribution in [1.82, 2.24) is 21.3 Å². The van der Waals surface area contributed by atoms with Crippen LogP contribution >= 0.6 is 11.8 Å². The summed E-state index contributed by atoms with van der Waals surface area (Å²) in [7, 11) is 0. The molecule has 4 N–H and O–H groups in total. The van der Waals surface area contributed by atoms with Crippen LogP contribution in [0.2, 0.25) is 0 Å². The van der Waals surface area contributed by atoms with E-state index in [1.807, 2.05) is 140 Å². The molecule has 0 bridgehead atoms. The minimum Gasteiger partial charge on any atom is -0.460 e. The van der Waals surface area contributed by atoms with Gasteiger partial charge in [0.2, 0.25) is 11.8 Å². The largest absolute Gasteiger partial charge is 0.460 e. The molecular weight excluding hydrogens is 881 g/mol. The molecule has 3 atom stereocenters. The number of amides is 4. The fourth-order valence-corrected chi connectivity index (χ4v) is 9.68. The Morgan fingerprint density at radius 1 is 0.544 bits per heavy atom. The molecule has 0 unspecified atom stereocenters. The van der Waals surface area contributed by atoms with Gasteiger partial charge in [0.25, 0.3) is 0 Å². The molecule has 1 aliphatic rings. The predicted molar refractivity (Wildman–Crippen MR) is 263 cm³/mol. The van der Waals surface area contributed by atoms with Crippen molar-refractivity contribution in [2.45, 2.75) is 94.9 Å². The van der Waals surface area contributed by atoms with E-state index in [2.05, 4.69) is 21.3 Å². The summed E-state index contributed by atoms with van der Waals surface area (Å²) in [6, 6.07) is 41.1. The molecule has 68 heavy (non-hydrogen) atoms. The van der Waals surface area contributed by atoms with E-state index in [9.17, 15) is 28.8 Å². The average Bonchev–Trinajstić information content (AvgIpc) is 3.62. The highest BCUT2D eigenvalue weighted by molar-refractivity contribution is 8.00. The van der Waals surface area contributed by atoms with Crippen LogP contribution in [0.15, 0.2) is 140 Å². The molecule has 6 rings (SSSR count). The molecule has 4 amide bonds. The first-order chi connectivity index (χ1) is 32.3. The van der Waals surface area contributed by atoms with Crippen LogP contribution in [0.1, 0.15) is 88.6 Å². The molecular formula is C54H60N4O9S.